The van der Waals surface area contributed by atoms with Crippen LogP contribution in [0, 0.1) is 19.3 Å². The summed E-state index contributed by atoms with van der Waals surface area (Å²) < 4.78 is 15.1. The van der Waals surface area contributed by atoms with Crippen LogP contribution in [0.3, 0.4) is 0 Å². The number of fused-ring (bicyclic) bond motifs is 1. The van der Waals surface area contributed by atoms with Crippen LogP contribution in [-0.2, 0) is 11.6 Å². The zero-order chi connectivity index (χ0) is 29.3. The highest BCUT2D eigenvalue weighted by atomic mass is 35.5. The highest BCUT2D eigenvalue weighted by molar-refractivity contribution is 7.70. The van der Waals surface area contributed by atoms with E-state index in [4.69, 9.17) is 16.7 Å². The molecule has 0 atom stereocenters. The highest BCUT2D eigenvalue weighted by Gasteiger charge is 2.53. The van der Waals surface area contributed by atoms with Crippen molar-refractivity contribution in [2.75, 3.05) is 56.0 Å². The second kappa shape index (κ2) is 10.0. The fraction of sp³-hybridized carbons (Fsp3) is 0.433. The first kappa shape index (κ1) is 28.0. The van der Waals surface area contributed by atoms with Crippen LogP contribution in [0.4, 0.5) is 29.0 Å². The number of nitrogens with zero attached hydrogens (tertiary/aromatic N) is 6. The summed E-state index contributed by atoms with van der Waals surface area (Å²) in [7, 11) is 3.81. The van der Waals surface area contributed by atoms with Crippen molar-refractivity contribution >= 4 is 63.9 Å². The van der Waals surface area contributed by atoms with Crippen LogP contribution in [0.2, 0.25) is 5.02 Å². The lowest BCUT2D eigenvalue weighted by Crippen LogP contribution is -2.66. The summed E-state index contributed by atoms with van der Waals surface area (Å²) in [6.45, 7) is 9.76. The Kier molecular flexibility index (Phi) is 6.83. The van der Waals surface area contributed by atoms with Gasteiger partial charge in [0.1, 0.15) is 18.0 Å². The smallest absolute Gasteiger partial charge is 0.229 e. The summed E-state index contributed by atoms with van der Waals surface area (Å²) in [5.41, 5.74) is 5.06. The van der Waals surface area contributed by atoms with Crippen molar-refractivity contribution in [1.82, 2.24) is 24.6 Å². The maximum absolute atomic E-state index is 13.1. The standard InChI is InChI=1S/C30H38ClN8OP/c1-18-8-11-24(26(19(18)2)41(6,7)40)34-27-23(31)15-32-29(35-27)33-20-9-10-22-25(12-20)36-38(5)28(22)39-16-30(17-39)13-21(14-30)37(3)4/h8-12,15,21H,13-14,16-17H2,1-7H3,(H2,32,33,34,35). The predicted molar refractivity (Wildman–Crippen MR) is 171 cm³/mol. The summed E-state index contributed by atoms with van der Waals surface area (Å²) in [5.74, 6) is 2.02. The first-order chi connectivity index (χ1) is 19.3. The topological polar surface area (TPSA) is 91.2 Å². The number of hydrogen-bond donors (Lipinski definition) is 2. The summed E-state index contributed by atoms with van der Waals surface area (Å²) in [6.07, 6.45) is 4.12. The zero-order valence-corrected chi connectivity index (χ0v) is 26.4. The van der Waals surface area contributed by atoms with Crippen molar-refractivity contribution in [1.29, 1.82) is 0 Å². The SMILES string of the molecule is Cc1ccc(Nc2nc(Nc3ccc4c(N5CC6(CC(N(C)C)C6)C5)n(C)nc4c3)ncc2Cl)c(P(C)(C)=O)c1C. The Morgan fingerprint density at radius 2 is 1.83 bits per heavy atom. The molecule has 2 fully saturated rings. The van der Waals surface area contributed by atoms with Gasteiger partial charge in [0.05, 0.1) is 17.4 Å². The van der Waals surface area contributed by atoms with E-state index in [0.29, 0.717) is 28.2 Å². The molecule has 2 aromatic carbocycles. The van der Waals surface area contributed by atoms with Crippen molar-refractivity contribution in [2.24, 2.45) is 12.5 Å². The van der Waals surface area contributed by atoms with E-state index in [9.17, 15) is 4.57 Å². The number of anilines is 5. The second-order valence-electron chi connectivity index (χ2n) is 12.5. The molecule has 9 nitrogen and oxygen atoms in total. The van der Waals surface area contributed by atoms with E-state index >= 15 is 0 Å². The molecule has 2 aromatic heterocycles. The van der Waals surface area contributed by atoms with Gasteiger partial charge in [-0.3, -0.25) is 4.68 Å². The maximum Gasteiger partial charge on any atom is 0.229 e. The minimum Gasteiger partial charge on any atom is -0.355 e. The molecular weight excluding hydrogens is 555 g/mol. The number of aromatic nitrogens is 4. The molecule has 1 saturated heterocycles. The first-order valence-corrected chi connectivity index (χ1v) is 16.9. The predicted octanol–water partition coefficient (Wildman–Crippen LogP) is 5.90. The van der Waals surface area contributed by atoms with Crippen LogP contribution in [0.1, 0.15) is 24.0 Å². The molecule has 1 aliphatic heterocycles. The molecule has 216 valence electrons. The van der Waals surface area contributed by atoms with Gasteiger partial charge in [-0.1, -0.05) is 17.7 Å². The average Bonchev–Trinajstić information content (AvgIpc) is 3.15. The highest BCUT2D eigenvalue weighted by Crippen LogP contribution is 2.51. The van der Waals surface area contributed by atoms with Crippen LogP contribution in [0.15, 0.2) is 36.5 Å². The van der Waals surface area contributed by atoms with E-state index in [0.717, 1.165) is 51.8 Å². The Morgan fingerprint density at radius 1 is 1.10 bits per heavy atom. The summed E-state index contributed by atoms with van der Waals surface area (Å²) in [4.78, 5) is 13.9. The molecule has 11 heteroatoms. The number of rotatable bonds is 7. The fourth-order valence-electron chi connectivity index (χ4n) is 6.48. The molecule has 0 amide bonds. The fourth-order valence-corrected chi connectivity index (χ4v) is 8.32. The summed E-state index contributed by atoms with van der Waals surface area (Å²) in [6, 6.07) is 10.8. The van der Waals surface area contributed by atoms with E-state index in [1.165, 1.54) is 18.7 Å². The molecule has 0 radical (unpaired) electrons. The first-order valence-electron chi connectivity index (χ1n) is 13.9. The minimum atomic E-state index is -2.56. The van der Waals surface area contributed by atoms with Gasteiger partial charge in [-0.05, 0) is 89.5 Å². The van der Waals surface area contributed by atoms with Gasteiger partial charge in [0.25, 0.3) is 0 Å². The lowest BCUT2D eigenvalue weighted by molar-refractivity contribution is 0.000749. The number of halogens is 1. The number of nitrogens with one attached hydrogen (secondary N) is 2. The number of hydrogen-bond acceptors (Lipinski definition) is 8. The van der Waals surface area contributed by atoms with Crippen LogP contribution < -0.4 is 20.8 Å². The Hall–Kier alpha value is -3.13. The molecule has 1 spiro atoms. The van der Waals surface area contributed by atoms with Gasteiger partial charge < -0.3 is 25.0 Å². The molecule has 2 aliphatic rings. The normalized spacial score (nSPS) is 16.8. The van der Waals surface area contributed by atoms with Crippen LogP contribution in [0.5, 0.6) is 0 Å². The summed E-state index contributed by atoms with van der Waals surface area (Å²) >= 11 is 6.49. The van der Waals surface area contributed by atoms with Gasteiger partial charge in [-0.15, -0.1) is 0 Å². The molecule has 0 bridgehead atoms. The number of benzene rings is 2. The molecule has 1 saturated carbocycles. The van der Waals surface area contributed by atoms with E-state index in [2.05, 4.69) is 50.6 Å². The van der Waals surface area contributed by atoms with Gasteiger partial charge in [0, 0.05) is 48.0 Å². The van der Waals surface area contributed by atoms with Gasteiger partial charge >= 0.3 is 0 Å². The van der Waals surface area contributed by atoms with Crippen LogP contribution in [0.25, 0.3) is 10.9 Å². The zero-order valence-electron chi connectivity index (χ0n) is 24.8. The van der Waals surface area contributed by atoms with E-state index in [1.54, 1.807) is 19.5 Å². The third-order valence-electron chi connectivity index (χ3n) is 8.72. The van der Waals surface area contributed by atoms with Crippen molar-refractivity contribution in [3.63, 3.8) is 0 Å². The van der Waals surface area contributed by atoms with Crippen molar-refractivity contribution in [2.45, 2.75) is 32.7 Å². The van der Waals surface area contributed by atoms with E-state index < -0.39 is 7.14 Å². The molecule has 4 aromatic rings. The number of aryl methyl sites for hydroxylation is 2. The monoisotopic (exact) mass is 592 g/mol. The molecule has 6 rings (SSSR count). The quantitative estimate of drug-likeness (QED) is 0.256. The maximum atomic E-state index is 13.1. The van der Waals surface area contributed by atoms with Gasteiger partial charge in [-0.2, -0.15) is 10.1 Å². The van der Waals surface area contributed by atoms with E-state index in [1.807, 2.05) is 49.8 Å². The minimum absolute atomic E-state index is 0.377. The van der Waals surface area contributed by atoms with Crippen LogP contribution >= 0.6 is 18.7 Å². The van der Waals surface area contributed by atoms with Gasteiger partial charge in [0.15, 0.2) is 5.82 Å². The molecular formula is C30H38ClN8OP. The van der Waals surface area contributed by atoms with Crippen molar-refractivity contribution < 1.29 is 4.57 Å². The second-order valence-corrected chi connectivity index (χ2v) is 16.0. The average molecular weight is 593 g/mol. The summed E-state index contributed by atoms with van der Waals surface area (Å²) in [5, 5.41) is 13.8. The van der Waals surface area contributed by atoms with E-state index in [-0.39, 0.29) is 0 Å². The Balaban J connectivity index is 1.21. The molecule has 1 aliphatic carbocycles. The lowest BCUT2D eigenvalue weighted by atomic mass is 9.60. The third kappa shape index (κ3) is 5.09. The molecule has 2 N–H and O–H groups in total. The largest absolute Gasteiger partial charge is 0.355 e. The van der Waals surface area contributed by atoms with Gasteiger partial charge in [-0.25, -0.2) is 4.98 Å². The van der Waals surface area contributed by atoms with Gasteiger partial charge in [0.2, 0.25) is 5.95 Å². The Labute approximate surface area is 246 Å². The van der Waals surface area contributed by atoms with Crippen LogP contribution in [-0.4, -0.2) is 71.2 Å². The lowest BCUT2D eigenvalue weighted by Gasteiger charge is -2.61. The van der Waals surface area contributed by atoms with Crippen molar-refractivity contribution in [3.05, 3.63) is 52.7 Å². The molecule has 41 heavy (non-hydrogen) atoms. The Bertz CT molecular complexity index is 1700. The molecule has 3 heterocycles. The molecule has 0 unspecified atom stereocenters. The third-order valence-corrected chi connectivity index (χ3v) is 10.6. The Morgan fingerprint density at radius 3 is 2.51 bits per heavy atom. The van der Waals surface area contributed by atoms with Crippen molar-refractivity contribution in [3.8, 4) is 0 Å².